The van der Waals surface area contributed by atoms with Crippen molar-refractivity contribution in [1.29, 1.82) is 0 Å². The highest BCUT2D eigenvalue weighted by Crippen LogP contribution is 2.29. The van der Waals surface area contributed by atoms with Gasteiger partial charge in [0.25, 0.3) is 15.9 Å². The summed E-state index contributed by atoms with van der Waals surface area (Å²) in [4.78, 5) is 30.1. The zero-order valence-electron chi connectivity index (χ0n) is 17.3. The molecule has 3 aliphatic heterocycles. The Morgan fingerprint density at radius 3 is 2.30 bits per heavy atom. The molecule has 2 atom stereocenters. The molecule has 3 saturated heterocycles. The SMILES string of the molecule is Cc1ccc(S(=O)(=O)N2CCCC(C(=O)N3CCN(C(=O)C4CCCO4)CC3)C2)s1. The zero-order chi connectivity index (χ0) is 21.3. The Bertz CT molecular complexity index is 886. The monoisotopic (exact) mass is 455 g/mol. The molecular formula is C20H29N3O5S2. The number of ether oxygens (including phenoxy) is 1. The first kappa shape index (κ1) is 21.7. The van der Waals surface area contributed by atoms with E-state index in [-0.39, 0.29) is 30.4 Å². The lowest BCUT2D eigenvalue weighted by Gasteiger charge is -2.39. The lowest BCUT2D eigenvalue weighted by molar-refractivity contribution is -0.147. The molecule has 3 fully saturated rings. The van der Waals surface area contributed by atoms with Crippen LogP contribution in [0.3, 0.4) is 0 Å². The summed E-state index contributed by atoms with van der Waals surface area (Å²) in [6.45, 7) is 5.20. The number of carbonyl (C=O) groups excluding carboxylic acids is 2. The number of nitrogens with zero attached hydrogens (tertiary/aromatic N) is 3. The number of sulfonamides is 1. The van der Waals surface area contributed by atoms with Crippen LogP contribution in [0.4, 0.5) is 0 Å². The van der Waals surface area contributed by atoms with Crippen molar-refractivity contribution >= 4 is 33.2 Å². The fourth-order valence-electron chi connectivity index (χ4n) is 4.42. The number of thiophene rings is 1. The van der Waals surface area contributed by atoms with E-state index in [1.165, 1.54) is 15.6 Å². The number of hydrogen-bond donors (Lipinski definition) is 0. The second-order valence-corrected chi connectivity index (χ2v) is 11.7. The molecule has 1 aromatic rings. The van der Waals surface area contributed by atoms with Crippen molar-refractivity contribution in [3.63, 3.8) is 0 Å². The second kappa shape index (κ2) is 8.94. The van der Waals surface area contributed by atoms with Crippen LogP contribution in [0.25, 0.3) is 0 Å². The molecule has 4 heterocycles. The van der Waals surface area contributed by atoms with Crippen LogP contribution >= 0.6 is 11.3 Å². The van der Waals surface area contributed by atoms with E-state index in [1.807, 2.05) is 13.0 Å². The number of hydrogen-bond acceptors (Lipinski definition) is 6. The summed E-state index contributed by atoms with van der Waals surface area (Å²) in [5, 5.41) is 0. The van der Waals surface area contributed by atoms with E-state index in [1.54, 1.807) is 15.9 Å². The quantitative estimate of drug-likeness (QED) is 0.683. The van der Waals surface area contributed by atoms with Gasteiger partial charge in [0.15, 0.2) is 0 Å². The minimum Gasteiger partial charge on any atom is -0.368 e. The van der Waals surface area contributed by atoms with Gasteiger partial charge in [-0.25, -0.2) is 8.42 Å². The molecule has 0 aromatic carbocycles. The predicted octanol–water partition coefficient (Wildman–Crippen LogP) is 1.31. The highest BCUT2D eigenvalue weighted by Gasteiger charge is 2.37. The molecule has 166 valence electrons. The molecule has 2 amide bonds. The van der Waals surface area contributed by atoms with Gasteiger partial charge in [0.2, 0.25) is 5.91 Å². The van der Waals surface area contributed by atoms with E-state index < -0.39 is 10.0 Å². The highest BCUT2D eigenvalue weighted by atomic mass is 32.2. The smallest absolute Gasteiger partial charge is 0.252 e. The average molecular weight is 456 g/mol. The summed E-state index contributed by atoms with van der Waals surface area (Å²) in [7, 11) is -3.55. The Kier molecular flexibility index (Phi) is 6.47. The summed E-state index contributed by atoms with van der Waals surface area (Å²) in [6, 6.07) is 3.45. The molecule has 0 bridgehead atoms. The van der Waals surface area contributed by atoms with Crippen molar-refractivity contribution in [2.75, 3.05) is 45.9 Å². The van der Waals surface area contributed by atoms with Crippen molar-refractivity contribution in [2.24, 2.45) is 5.92 Å². The molecule has 3 aliphatic rings. The van der Waals surface area contributed by atoms with Crippen molar-refractivity contribution < 1.29 is 22.7 Å². The molecule has 0 N–H and O–H groups in total. The fourth-order valence-corrected chi connectivity index (χ4v) is 7.38. The van der Waals surface area contributed by atoms with Gasteiger partial charge in [0.1, 0.15) is 10.3 Å². The van der Waals surface area contributed by atoms with Gasteiger partial charge in [-0.3, -0.25) is 9.59 Å². The summed E-state index contributed by atoms with van der Waals surface area (Å²) in [5.41, 5.74) is 0. The van der Waals surface area contributed by atoms with Crippen molar-refractivity contribution in [3.05, 3.63) is 17.0 Å². The number of carbonyl (C=O) groups is 2. The summed E-state index contributed by atoms with van der Waals surface area (Å²) < 4.78 is 33.2. The van der Waals surface area contributed by atoms with Crippen LogP contribution in [0.1, 0.15) is 30.6 Å². The first-order valence-corrected chi connectivity index (χ1v) is 12.9. The highest BCUT2D eigenvalue weighted by molar-refractivity contribution is 7.91. The molecule has 1 aromatic heterocycles. The van der Waals surface area contributed by atoms with E-state index >= 15 is 0 Å². The molecule has 0 aliphatic carbocycles. The maximum atomic E-state index is 13.1. The first-order valence-electron chi connectivity index (χ1n) is 10.6. The summed E-state index contributed by atoms with van der Waals surface area (Å²) in [5.74, 6) is -0.294. The van der Waals surface area contributed by atoms with Crippen molar-refractivity contribution in [1.82, 2.24) is 14.1 Å². The molecule has 4 rings (SSSR count). The Morgan fingerprint density at radius 1 is 1.00 bits per heavy atom. The summed E-state index contributed by atoms with van der Waals surface area (Å²) >= 11 is 1.27. The number of piperazine rings is 1. The normalized spacial score (nSPS) is 26.2. The number of aryl methyl sites for hydroxylation is 1. The second-order valence-electron chi connectivity index (χ2n) is 8.22. The third-order valence-electron chi connectivity index (χ3n) is 6.15. The predicted molar refractivity (Wildman–Crippen MR) is 113 cm³/mol. The molecule has 2 unspecified atom stereocenters. The van der Waals surface area contributed by atoms with Crippen LogP contribution in [0.2, 0.25) is 0 Å². The topological polar surface area (TPSA) is 87.2 Å². The van der Waals surface area contributed by atoms with Gasteiger partial charge < -0.3 is 14.5 Å². The minimum absolute atomic E-state index is 0.00137. The van der Waals surface area contributed by atoms with E-state index in [9.17, 15) is 18.0 Å². The van der Waals surface area contributed by atoms with Crippen molar-refractivity contribution in [2.45, 2.75) is 42.9 Å². The maximum Gasteiger partial charge on any atom is 0.252 e. The van der Waals surface area contributed by atoms with E-state index in [4.69, 9.17) is 4.74 Å². The van der Waals surface area contributed by atoms with Crippen LogP contribution in [-0.4, -0.2) is 86.3 Å². The van der Waals surface area contributed by atoms with Gasteiger partial charge in [0.05, 0.1) is 5.92 Å². The first-order chi connectivity index (χ1) is 14.4. The Labute approximate surface area is 181 Å². The molecule has 0 radical (unpaired) electrons. The van der Waals surface area contributed by atoms with E-state index in [0.29, 0.717) is 56.4 Å². The fraction of sp³-hybridized carbons (Fsp3) is 0.700. The van der Waals surface area contributed by atoms with Gasteiger partial charge in [-0.2, -0.15) is 4.31 Å². The molecule has 30 heavy (non-hydrogen) atoms. The van der Waals surface area contributed by atoms with E-state index in [0.717, 1.165) is 17.7 Å². The third-order valence-corrected chi connectivity index (χ3v) is 9.48. The average Bonchev–Trinajstić information content (AvgIpc) is 3.45. The van der Waals surface area contributed by atoms with Crippen LogP contribution in [0, 0.1) is 12.8 Å². The van der Waals surface area contributed by atoms with Crippen LogP contribution < -0.4 is 0 Å². The van der Waals surface area contributed by atoms with Crippen LogP contribution in [0.5, 0.6) is 0 Å². The molecule has 0 spiro atoms. The Morgan fingerprint density at radius 2 is 1.70 bits per heavy atom. The van der Waals surface area contributed by atoms with Gasteiger partial charge >= 0.3 is 0 Å². The molecular weight excluding hydrogens is 426 g/mol. The summed E-state index contributed by atoms with van der Waals surface area (Å²) in [6.07, 6.45) is 2.74. The van der Waals surface area contributed by atoms with Gasteiger partial charge in [-0.15, -0.1) is 11.3 Å². The number of amides is 2. The number of piperidine rings is 1. The molecule has 0 saturated carbocycles. The molecule has 8 nitrogen and oxygen atoms in total. The maximum absolute atomic E-state index is 13.1. The van der Waals surface area contributed by atoms with Crippen LogP contribution in [-0.2, 0) is 24.3 Å². The van der Waals surface area contributed by atoms with Gasteiger partial charge in [-0.05, 0) is 44.7 Å². The molecule has 10 heteroatoms. The lowest BCUT2D eigenvalue weighted by Crippen LogP contribution is -2.55. The Balaban J connectivity index is 1.34. The third kappa shape index (κ3) is 4.42. The van der Waals surface area contributed by atoms with Gasteiger partial charge in [-0.1, -0.05) is 0 Å². The number of rotatable bonds is 4. The van der Waals surface area contributed by atoms with Crippen LogP contribution in [0.15, 0.2) is 16.3 Å². The van der Waals surface area contributed by atoms with Gasteiger partial charge in [0, 0.05) is 50.8 Å². The van der Waals surface area contributed by atoms with E-state index in [2.05, 4.69) is 0 Å². The van der Waals surface area contributed by atoms with Crippen molar-refractivity contribution in [3.8, 4) is 0 Å². The lowest BCUT2D eigenvalue weighted by atomic mass is 9.97. The zero-order valence-corrected chi connectivity index (χ0v) is 18.9. The minimum atomic E-state index is -3.55. The standard InChI is InChI=1S/C20H29N3O5S2/c1-15-6-7-18(29-15)30(26,27)23-8-2-4-16(14-23)19(24)21-9-11-22(12-10-21)20(25)17-5-3-13-28-17/h6-7,16-17H,2-5,8-14H2,1H3. The Hall–Kier alpha value is -1.49. The largest absolute Gasteiger partial charge is 0.368 e.